The maximum Gasteiger partial charge on any atom is 0.236 e. The topological polar surface area (TPSA) is 43.8 Å². The van der Waals surface area contributed by atoms with E-state index in [9.17, 15) is 9.90 Å². The van der Waals surface area contributed by atoms with Crippen molar-refractivity contribution in [2.24, 2.45) is 17.8 Å². The van der Waals surface area contributed by atoms with E-state index in [0.29, 0.717) is 30.2 Å². The largest absolute Gasteiger partial charge is 0.393 e. The number of likely N-dealkylation sites (tertiary alicyclic amines) is 2. The molecular weight excluding hydrogens is 252 g/mol. The van der Waals surface area contributed by atoms with Gasteiger partial charge in [-0.2, -0.15) is 0 Å². The van der Waals surface area contributed by atoms with Gasteiger partial charge < -0.3 is 10.0 Å². The lowest BCUT2D eigenvalue weighted by molar-refractivity contribution is -0.135. The molecule has 0 aromatic heterocycles. The van der Waals surface area contributed by atoms with E-state index in [1.54, 1.807) is 0 Å². The van der Waals surface area contributed by atoms with Crippen LogP contribution in [-0.2, 0) is 4.79 Å². The monoisotopic (exact) mass is 282 g/mol. The molecule has 3 unspecified atom stereocenters. The third-order valence-electron chi connectivity index (χ3n) is 4.89. The van der Waals surface area contributed by atoms with E-state index in [1.807, 2.05) is 6.92 Å². The maximum absolute atomic E-state index is 12.4. The summed E-state index contributed by atoms with van der Waals surface area (Å²) in [6.07, 6.45) is 3.05. The fraction of sp³-hybridized carbons (Fsp3) is 0.938. The lowest BCUT2D eigenvalue weighted by Crippen LogP contribution is -2.48. The molecule has 2 heterocycles. The van der Waals surface area contributed by atoms with Crippen LogP contribution in [0.25, 0.3) is 0 Å². The summed E-state index contributed by atoms with van der Waals surface area (Å²) >= 11 is 0. The van der Waals surface area contributed by atoms with Crippen LogP contribution < -0.4 is 0 Å². The maximum atomic E-state index is 12.4. The Morgan fingerprint density at radius 3 is 2.25 bits per heavy atom. The molecule has 0 aliphatic carbocycles. The number of rotatable bonds is 3. The minimum absolute atomic E-state index is 0.211. The molecule has 1 N–H and O–H groups in total. The smallest absolute Gasteiger partial charge is 0.236 e. The van der Waals surface area contributed by atoms with Gasteiger partial charge in [-0.15, -0.1) is 0 Å². The number of carbonyl (C=O) groups is 1. The van der Waals surface area contributed by atoms with Crippen molar-refractivity contribution in [1.82, 2.24) is 9.80 Å². The second-order valence-corrected chi connectivity index (χ2v) is 7.10. The molecule has 0 aromatic carbocycles. The molecule has 3 atom stereocenters. The van der Waals surface area contributed by atoms with Crippen LogP contribution >= 0.6 is 0 Å². The second kappa shape index (κ2) is 6.90. The second-order valence-electron chi connectivity index (χ2n) is 7.10. The fourth-order valence-electron chi connectivity index (χ4n) is 3.75. The first-order valence-corrected chi connectivity index (χ1v) is 8.14. The summed E-state index contributed by atoms with van der Waals surface area (Å²) in [4.78, 5) is 16.7. The van der Waals surface area contributed by atoms with Gasteiger partial charge in [-0.05, 0) is 57.0 Å². The first-order valence-electron chi connectivity index (χ1n) is 8.14. The van der Waals surface area contributed by atoms with E-state index in [4.69, 9.17) is 0 Å². The van der Waals surface area contributed by atoms with Crippen molar-refractivity contribution in [1.29, 1.82) is 0 Å². The van der Waals surface area contributed by atoms with Crippen LogP contribution in [0.1, 0.15) is 40.0 Å². The highest BCUT2D eigenvalue weighted by Crippen LogP contribution is 2.23. The predicted octanol–water partition coefficient (Wildman–Crippen LogP) is 1.58. The predicted molar refractivity (Wildman–Crippen MR) is 80.4 cm³/mol. The van der Waals surface area contributed by atoms with E-state index in [1.165, 1.54) is 6.42 Å². The van der Waals surface area contributed by atoms with Crippen LogP contribution in [0.5, 0.6) is 0 Å². The van der Waals surface area contributed by atoms with Crippen molar-refractivity contribution in [3.8, 4) is 0 Å². The Hall–Kier alpha value is -0.610. The van der Waals surface area contributed by atoms with Gasteiger partial charge in [0.1, 0.15) is 0 Å². The summed E-state index contributed by atoms with van der Waals surface area (Å²) in [6, 6.07) is 0. The molecule has 0 bridgehead atoms. The quantitative estimate of drug-likeness (QED) is 0.855. The summed E-state index contributed by atoms with van der Waals surface area (Å²) in [5.41, 5.74) is 0. The third kappa shape index (κ3) is 4.19. The normalized spacial score (nSPS) is 31.3. The van der Waals surface area contributed by atoms with Crippen molar-refractivity contribution < 1.29 is 9.90 Å². The number of hydrogen-bond donors (Lipinski definition) is 1. The zero-order valence-electron chi connectivity index (χ0n) is 13.2. The van der Waals surface area contributed by atoms with Gasteiger partial charge in [0, 0.05) is 13.1 Å². The molecule has 2 saturated heterocycles. The van der Waals surface area contributed by atoms with Crippen molar-refractivity contribution in [3.63, 3.8) is 0 Å². The number of aliphatic hydroxyl groups excluding tert-OH is 1. The Morgan fingerprint density at radius 1 is 1.20 bits per heavy atom. The van der Waals surface area contributed by atoms with Crippen molar-refractivity contribution in [2.75, 3.05) is 32.7 Å². The Morgan fingerprint density at radius 2 is 1.75 bits per heavy atom. The van der Waals surface area contributed by atoms with Gasteiger partial charge in [-0.1, -0.05) is 13.8 Å². The lowest BCUT2D eigenvalue weighted by Gasteiger charge is -2.38. The molecule has 4 nitrogen and oxygen atoms in total. The standard InChI is InChI=1S/C16H30N2O2/c1-12-8-13(2)10-18(9-12)16(20)11-17-6-4-15(5-7-17)14(3)19/h12-15,19H,4-11H2,1-3H3. The van der Waals surface area contributed by atoms with Crippen molar-refractivity contribution >= 4 is 5.91 Å². The number of amides is 1. The van der Waals surface area contributed by atoms with Gasteiger partial charge in [0.25, 0.3) is 0 Å². The summed E-state index contributed by atoms with van der Waals surface area (Å²) in [5.74, 6) is 1.96. The number of hydrogen-bond acceptors (Lipinski definition) is 3. The van der Waals surface area contributed by atoms with Crippen molar-refractivity contribution in [3.05, 3.63) is 0 Å². The van der Waals surface area contributed by atoms with E-state index in [2.05, 4.69) is 23.6 Å². The SMILES string of the molecule is CC1CC(C)CN(C(=O)CN2CCC(C(C)O)CC2)C1. The molecule has 116 valence electrons. The Bertz CT molecular complexity index is 314. The zero-order valence-corrected chi connectivity index (χ0v) is 13.2. The molecule has 2 fully saturated rings. The summed E-state index contributed by atoms with van der Waals surface area (Å²) in [7, 11) is 0. The minimum atomic E-state index is -0.211. The molecule has 2 aliphatic heterocycles. The molecular formula is C16H30N2O2. The number of nitrogens with zero attached hydrogens (tertiary/aromatic N) is 2. The van der Waals surface area contributed by atoms with Crippen LogP contribution in [0.3, 0.4) is 0 Å². The Labute approximate surface area is 123 Å². The number of piperidine rings is 2. The molecule has 2 rings (SSSR count). The highest BCUT2D eigenvalue weighted by molar-refractivity contribution is 5.78. The number of aliphatic hydroxyl groups is 1. The van der Waals surface area contributed by atoms with Crippen LogP contribution in [0.4, 0.5) is 0 Å². The van der Waals surface area contributed by atoms with E-state index in [0.717, 1.165) is 39.0 Å². The minimum Gasteiger partial charge on any atom is -0.393 e. The van der Waals surface area contributed by atoms with Gasteiger partial charge in [-0.25, -0.2) is 0 Å². The Balaban J connectivity index is 1.77. The van der Waals surface area contributed by atoms with Gasteiger partial charge in [0.05, 0.1) is 12.6 Å². The zero-order chi connectivity index (χ0) is 14.7. The van der Waals surface area contributed by atoms with Gasteiger partial charge in [0.2, 0.25) is 5.91 Å². The molecule has 0 aromatic rings. The van der Waals surface area contributed by atoms with Crippen LogP contribution in [0.15, 0.2) is 0 Å². The molecule has 4 heteroatoms. The molecule has 2 aliphatic rings. The molecule has 20 heavy (non-hydrogen) atoms. The van der Waals surface area contributed by atoms with Gasteiger partial charge in [0.15, 0.2) is 0 Å². The lowest BCUT2D eigenvalue weighted by atomic mass is 9.91. The summed E-state index contributed by atoms with van der Waals surface area (Å²) < 4.78 is 0. The van der Waals surface area contributed by atoms with Crippen molar-refractivity contribution in [2.45, 2.75) is 46.1 Å². The third-order valence-corrected chi connectivity index (χ3v) is 4.89. The molecule has 1 amide bonds. The van der Waals surface area contributed by atoms with E-state index < -0.39 is 0 Å². The molecule has 0 saturated carbocycles. The van der Waals surface area contributed by atoms with Crippen LogP contribution in [-0.4, -0.2) is 59.6 Å². The van der Waals surface area contributed by atoms with Gasteiger partial charge in [-0.3, -0.25) is 9.69 Å². The van der Waals surface area contributed by atoms with Crippen LogP contribution in [0, 0.1) is 17.8 Å². The summed E-state index contributed by atoms with van der Waals surface area (Å²) in [5, 5.41) is 9.61. The molecule has 0 spiro atoms. The first kappa shape index (κ1) is 15.8. The molecule has 0 radical (unpaired) electrons. The first-order chi connectivity index (χ1) is 9.45. The number of carbonyl (C=O) groups excluding carboxylic acids is 1. The fourth-order valence-corrected chi connectivity index (χ4v) is 3.75. The van der Waals surface area contributed by atoms with E-state index >= 15 is 0 Å². The van der Waals surface area contributed by atoms with E-state index in [-0.39, 0.29) is 6.10 Å². The average molecular weight is 282 g/mol. The highest BCUT2D eigenvalue weighted by atomic mass is 16.3. The Kier molecular flexibility index (Phi) is 5.44. The summed E-state index contributed by atoms with van der Waals surface area (Å²) in [6.45, 7) is 10.7. The average Bonchev–Trinajstić information content (AvgIpc) is 2.38. The van der Waals surface area contributed by atoms with Gasteiger partial charge >= 0.3 is 0 Å². The highest BCUT2D eigenvalue weighted by Gasteiger charge is 2.28. The van der Waals surface area contributed by atoms with Crippen LogP contribution in [0.2, 0.25) is 0 Å².